The van der Waals surface area contributed by atoms with Crippen LogP contribution in [-0.2, 0) is 0 Å². The highest BCUT2D eigenvalue weighted by Gasteiger charge is 2.17. The van der Waals surface area contributed by atoms with Crippen molar-refractivity contribution in [2.75, 3.05) is 0 Å². The number of phenols is 2. The number of phenolic OH excluding ortho intramolecular Hbond substituents is 2. The highest BCUT2D eigenvalue weighted by molar-refractivity contribution is 5.82. The van der Waals surface area contributed by atoms with E-state index in [2.05, 4.69) is 0 Å². The van der Waals surface area contributed by atoms with E-state index in [0.29, 0.717) is 0 Å². The van der Waals surface area contributed by atoms with Gasteiger partial charge < -0.3 is 10.2 Å². The van der Waals surface area contributed by atoms with Crippen LogP contribution < -0.4 is 0 Å². The van der Waals surface area contributed by atoms with Gasteiger partial charge in [-0.2, -0.15) is 0 Å². The SMILES string of the molecule is Cc1ccc(C)c(-c2c(C)ccc(C)c2O)c1O. The molecule has 2 aromatic rings. The third-order valence-corrected chi connectivity index (χ3v) is 3.43. The summed E-state index contributed by atoms with van der Waals surface area (Å²) in [6.45, 7) is 7.60. The molecule has 0 saturated heterocycles. The van der Waals surface area contributed by atoms with Gasteiger partial charge in [0.15, 0.2) is 0 Å². The fourth-order valence-corrected chi connectivity index (χ4v) is 2.22. The van der Waals surface area contributed by atoms with Crippen molar-refractivity contribution in [3.8, 4) is 22.6 Å². The summed E-state index contributed by atoms with van der Waals surface area (Å²) in [5, 5.41) is 20.5. The summed E-state index contributed by atoms with van der Waals surface area (Å²) in [6.07, 6.45) is 0. The van der Waals surface area contributed by atoms with Crippen LogP contribution >= 0.6 is 0 Å². The van der Waals surface area contributed by atoms with Gasteiger partial charge in [0.2, 0.25) is 0 Å². The van der Waals surface area contributed by atoms with Gasteiger partial charge in [-0.15, -0.1) is 0 Å². The van der Waals surface area contributed by atoms with Crippen molar-refractivity contribution in [2.45, 2.75) is 27.7 Å². The highest BCUT2D eigenvalue weighted by Crippen LogP contribution is 2.42. The monoisotopic (exact) mass is 242 g/mol. The fourth-order valence-electron chi connectivity index (χ4n) is 2.22. The quantitative estimate of drug-likeness (QED) is 0.793. The number of hydrogen-bond donors (Lipinski definition) is 2. The smallest absolute Gasteiger partial charge is 0.126 e. The molecule has 0 heterocycles. The third-order valence-electron chi connectivity index (χ3n) is 3.43. The Morgan fingerprint density at radius 2 is 0.833 bits per heavy atom. The van der Waals surface area contributed by atoms with Crippen LogP contribution in [0.15, 0.2) is 24.3 Å². The molecule has 0 spiro atoms. The summed E-state index contributed by atoms with van der Waals surface area (Å²) in [4.78, 5) is 0. The van der Waals surface area contributed by atoms with Gasteiger partial charge in [0.1, 0.15) is 11.5 Å². The second kappa shape index (κ2) is 4.37. The molecule has 2 rings (SSSR count). The lowest BCUT2D eigenvalue weighted by Crippen LogP contribution is -1.92. The maximum Gasteiger partial charge on any atom is 0.126 e. The first kappa shape index (κ1) is 12.5. The van der Waals surface area contributed by atoms with Gasteiger partial charge in [-0.3, -0.25) is 0 Å². The summed E-state index contributed by atoms with van der Waals surface area (Å²) in [5.41, 5.74) is 5.01. The molecule has 0 saturated carbocycles. The molecule has 2 nitrogen and oxygen atoms in total. The minimum atomic E-state index is 0.249. The minimum Gasteiger partial charge on any atom is -0.507 e. The van der Waals surface area contributed by atoms with E-state index in [0.717, 1.165) is 33.4 Å². The Morgan fingerprint density at radius 1 is 0.556 bits per heavy atom. The average molecular weight is 242 g/mol. The van der Waals surface area contributed by atoms with E-state index in [1.807, 2.05) is 52.0 Å². The molecule has 2 aromatic carbocycles. The van der Waals surface area contributed by atoms with E-state index in [4.69, 9.17) is 0 Å². The normalized spacial score (nSPS) is 10.7. The molecule has 0 aliphatic heterocycles. The van der Waals surface area contributed by atoms with Crippen molar-refractivity contribution in [3.05, 3.63) is 46.5 Å². The van der Waals surface area contributed by atoms with Crippen molar-refractivity contribution in [3.63, 3.8) is 0 Å². The van der Waals surface area contributed by atoms with Crippen molar-refractivity contribution >= 4 is 0 Å². The van der Waals surface area contributed by atoms with Gasteiger partial charge in [-0.05, 0) is 49.9 Å². The van der Waals surface area contributed by atoms with Crippen LogP contribution in [0.3, 0.4) is 0 Å². The molecule has 2 heteroatoms. The van der Waals surface area contributed by atoms with Crippen molar-refractivity contribution in [1.82, 2.24) is 0 Å². The van der Waals surface area contributed by atoms with Gasteiger partial charge in [0, 0.05) is 11.1 Å². The van der Waals surface area contributed by atoms with E-state index < -0.39 is 0 Å². The molecule has 0 fully saturated rings. The summed E-state index contributed by atoms with van der Waals surface area (Å²) in [5.74, 6) is 0.498. The van der Waals surface area contributed by atoms with Crippen LogP contribution in [0.5, 0.6) is 11.5 Å². The molecule has 0 radical (unpaired) electrons. The molecule has 0 atom stereocenters. The van der Waals surface area contributed by atoms with E-state index in [9.17, 15) is 10.2 Å². The number of aromatic hydroxyl groups is 2. The lowest BCUT2D eigenvalue weighted by molar-refractivity contribution is 0.464. The first-order chi connectivity index (χ1) is 8.43. The Hall–Kier alpha value is -1.96. The van der Waals surface area contributed by atoms with Gasteiger partial charge in [-0.1, -0.05) is 24.3 Å². The molecule has 0 amide bonds. The van der Waals surface area contributed by atoms with Crippen molar-refractivity contribution in [2.24, 2.45) is 0 Å². The molecule has 0 aliphatic carbocycles. The third kappa shape index (κ3) is 1.84. The Morgan fingerprint density at radius 3 is 1.17 bits per heavy atom. The van der Waals surface area contributed by atoms with Gasteiger partial charge >= 0.3 is 0 Å². The number of rotatable bonds is 1. The minimum absolute atomic E-state index is 0.249. The predicted molar refractivity (Wildman–Crippen MR) is 74.2 cm³/mol. The summed E-state index contributed by atoms with van der Waals surface area (Å²) in [6, 6.07) is 7.70. The number of benzene rings is 2. The Balaban J connectivity index is 2.85. The molecule has 94 valence electrons. The van der Waals surface area contributed by atoms with E-state index >= 15 is 0 Å². The van der Waals surface area contributed by atoms with Gasteiger partial charge in [0.05, 0.1) is 0 Å². The van der Waals surface area contributed by atoms with Crippen LogP contribution in [0, 0.1) is 27.7 Å². The van der Waals surface area contributed by atoms with Gasteiger partial charge in [-0.25, -0.2) is 0 Å². The van der Waals surface area contributed by atoms with Crippen molar-refractivity contribution in [1.29, 1.82) is 0 Å². The standard InChI is InChI=1S/C16H18O2/c1-9-5-7-11(3)15(17)13(9)14-10(2)6-8-12(4)16(14)18/h5-8,17-18H,1-4H3. The molecule has 0 unspecified atom stereocenters. The molecule has 0 aliphatic rings. The number of aryl methyl sites for hydroxylation is 4. The van der Waals surface area contributed by atoms with E-state index in [1.54, 1.807) is 0 Å². The largest absolute Gasteiger partial charge is 0.507 e. The number of hydrogen-bond acceptors (Lipinski definition) is 2. The Labute approximate surface area is 108 Å². The highest BCUT2D eigenvalue weighted by atomic mass is 16.3. The molecular formula is C16H18O2. The molecule has 0 aromatic heterocycles. The summed E-state index contributed by atoms with van der Waals surface area (Å²) < 4.78 is 0. The van der Waals surface area contributed by atoms with Crippen LogP contribution in [0.4, 0.5) is 0 Å². The summed E-state index contributed by atoms with van der Waals surface area (Å²) in [7, 11) is 0. The maximum absolute atomic E-state index is 10.3. The second-order valence-corrected chi connectivity index (χ2v) is 4.85. The zero-order chi connectivity index (χ0) is 13.4. The van der Waals surface area contributed by atoms with Crippen LogP contribution in [-0.4, -0.2) is 10.2 Å². The zero-order valence-electron chi connectivity index (χ0n) is 11.2. The maximum atomic E-state index is 10.3. The lowest BCUT2D eigenvalue weighted by atomic mass is 9.91. The first-order valence-electron chi connectivity index (χ1n) is 6.02. The lowest BCUT2D eigenvalue weighted by Gasteiger charge is -2.16. The second-order valence-electron chi connectivity index (χ2n) is 4.85. The van der Waals surface area contributed by atoms with E-state index in [1.165, 1.54) is 0 Å². The molecule has 0 bridgehead atoms. The molecule has 18 heavy (non-hydrogen) atoms. The summed E-state index contributed by atoms with van der Waals surface area (Å²) >= 11 is 0. The van der Waals surface area contributed by atoms with Crippen LogP contribution in [0.25, 0.3) is 11.1 Å². The van der Waals surface area contributed by atoms with E-state index in [-0.39, 0.29) is 11.5 Å². The molecule has 2 N–H and O–H groups in total. The first-order valence-corrected chi connectivity index (χ1v) is 6.02. The average Bonchev–Trinajstić information content (AvgIpc) is 2.33. The Kier molecular flexibility index (Phi) is 3.04. The Bertz CT molecular complexity index is 557. The molecular weight excluding hydrogens is 224 g/mol. The fraction of sp³-hybridized carbons (Fsp3) is 0.250. The zero-order valence-corrected chi connectivity index (χ0v) is 11.2. The van der Waals surface area contributed by atoms with Crippen LogP contribution in [0.2, 0.25) is 0 Å². The van der Waals surface area contributed by atoms with Crippen molar-refractivity contribution < 1.29 is 10.2 Å². The predicted octanol–water partition coefficient (Wildman–Crippen LogP) is 4.00. The topological polar surface area (TPSA) is 40.5 Å². The van der Waals surface area contributed by atoms with Crippen LogP contribution in [0.1, 0.15) is 22.3 Å². The van der Waals surface area contributed by atoms with Gasteiger partial charge in [0.25, 0.3) is 0 Å².